The van der Waals surface area contributed by atoms with Gasteiger partial charge < -0.3 is 10.1 Å². The molecule has 2 aromatic rings. The number of hydrogen-bond donors (Lipinski definition) is 1. The maximum atomic E-state index is 5.42. The number of nitrogens with zero attached hydrogens (tertiary/aromatic N) is 2. The third-order valence-corrected chi connectivity index (χ3v) is 3.17. The molecule has 0 radical (unpaired) electrons. The van der Waals surface area contributed by atoms with Crippen molar-refractivity contribution in [1.82, 2.24) is 15.1 Å². The highest BCUT2D eigenvalue weighted by molar-refractivity contribution is 5.41. The van der Waals surface area contributed by atoms with Crippen LogP contribution >= 0.6 is 0 Å². The molecule has 1 aliphatic rings. The van der Waals surface area contributed by atoms with E-state index in [2.05, 4.69) is 35.5 Å². The van der Waals surface area contributed by atoms with E-state index in [1.165, 1.54) is 11.1 Å². The minimum Gasteiger partial charge on any atom is -0.372 e. The molecular weight excluding hydrogens is 226 g/mol. The fourth-order valence-corrected chi connectivity index (χ4v) is 2.15. The van der Waals surface area contributed by atoms with Gasteiger partial charge in [-0.25, -0.2) is 4.68 Å². The number of hydrogen-bond acceptors (Lipinski definition) is 3. The van der Waals surface area contributed by atoms with Gasteiger partial charge in [0.1, 0.15) is 0 Å². The number of benzene rings is 1. The fourth-order valence-electron chi connectivity index (χ4n) is 2.15. The summed E-state index contributed by atoms with van der Waals surface area (Å²) < 4.78 is 7.35. The van der Waals surface area contributed by atoms with Gasteiger partial charge in [-0.15, -0.1) is 0 Å². The van der Waals surface area contributed by atoms with Crippen molar-refractivity contribution in [3.63, 3.8) is 0 Å². The lowest BCUT2D eigenvalue weighted by atomic mass is 10.1. The van der Waals surface area contributed by atoms with E-state index in [1.807, 2.05) is 16.9 Å². The molecule has 0 aliphatic carbocycles. The maximum Gasteiger partial charge on any atom is 0.0766 e. The number of ether oxygens (including phenoxy) is 1. The molecule has 0 saturated carbocycles. The quantitative estimate of drug-likeness (QED) is 0.893. The second-order valence-electron chi connectivity index (χ2n) is 4.48. The molecule has 1 aliphatic heterocycles. The summed E-state index contributed by atoms with van der Waals surface area (Å²) in [6.45, 7) is 5.33. The molecule has 0 unspecified atom stereocenters. The van der Waals surface area contributed by atoms with Crippen molar-refractivity contribution in [3.8, 4) is 5.69 Å². The molecular formula is C14H17N3O. The van der Waals surface area contributed by atoms with Crippen LogP contribution in [0.3, 0.4) is 0 Å². The van der Waals surface area contributed by atoms with E-state index in [-0.39, 0.29) is 0 Å². The van der Waals surface area contributed by atoms with E-state index >= 15 is 0 Å². The molecule has 94 valence electrons. The Bertz CT molecular complexity index is 548. The summed E-state index contributed by atoms with van der Waals surface area (Å²) >= 11 is 0. The first-order valence-electron chi connectivity index (χ1n) is 6.32. The highest BCUT2D eigenvalue weighted by Crippen LogP contribution is 2.22. The van der Waals surface area contributed by atoms with Gasteiger partial charge >= 0.3 is 0 Å². The molecule has 4 nitrogen and oxygen atoms in total. The van der Waals surface area contributed by atoms with E-state index in [1.54, 1.807) is 0 Å². The first-order valence-corrected chi connectivity index (χ1v) is 6.32. The molecule has 0 amide bonds. The molecule has 0 bridgehead atoms. The van der Waals surface area contributed by atoms with Crippen LogP contribution in [0.1, 0.15) is 23.7 Å². The molecule has 0 atom stereocenters. The largest absolute Gasteiger partial charge is 0.372 e. The van der Waals surface area contributed by atoms with E-state index in [4.69, 9.17) is 4.74 Å². The van der Waals surface area contributed by atoms with Gasteiger partial charge in [-0.1, -0.05) is 13.0 Å². The SMILES string of the molecule is CCNCc1ccn(-c2ccc3c(c2)COC3)n1. The Hall–Kier alpha value is -1.65. The van der Waals surface area contributed by atoms with Crippen LogP contribution in [-0.2, 0) is 24.5 Å². The lowest BCUT2D eigenvalue weighted by Gasteiger charge is -2.04. The molecule has 18 heavy (non-hydrogen) atoms. The van der Waals surface area contributed by atoms with Gasteiger partial charge in [-0.2, -0.15) is 5.10 Å². The van der Waals surface area contributed by atoms with Gasteiger partial charge in [0.2, 0.25) is 0 Å². The van der Waals surface area contributed by atoms with Crippen LogP contribution < -0.4 is 5.32 Å². The van der Waals surface area contributed by atoms with Crippen LogP contribution in [0.15, 0.2) is 30.5 Å². The van der Waals surface area contributed by atoms with Crippen LogP contribution in [0.25, 0.3) is 5.69 Å². The van der Waals surface area contributed by atoms with E-state index in [9.17, 15) is 0 Å². The van der Waals surface area contributed by atoms with Crippen molar-refractivity contribution in [2.45, 2.75) is 26.7 Å². The summed E-state index contributed by atoms with van der Waals surface area (Å²) in [6, 6.07) is 8.43. The van der Waals surface area contributed by atoms with E-state index < -0.39 is 0 Å². The highest BCUT2D eigenvalue weighted by Gasteiger charge is 2.12. The average Bonchev–Trinajstić information content (AvgIpc) is 3.04. The Morgan fingerprint density at radius 1 is 1.28 bits per heavy atom. The van der Waals surface area contributed by atoms with Gasteiger partial charge in [0, 0.05) is 12.7 Å². The zero-order valence-electron chi connectivity index (χ0n) is 10.5. The lowest BCUT2D eigenvalue weighted by molar-refractivity contribution is 0.134. The second kappa shape index (κ2) is 4.92. The first-order chi connectivity index (χ1) is 8.86. The van der Waals surface area contributed by atoms with Crippen molar-refractivity contribution < 1.29 is 4.74 Å². The molecule has 0 spiro atoms. The zero-order valence-corrected chi connectivity index (χ0v) is 10.5. The highest BCUT2D eigenvalue weighted by atomic mass is 16.5. The van der Waals surface area contributed by atoms with Crippen molar-refractivity contribution in [2.75, 3.05) is 6.54 Å². The molecule has 3 rings (SSSR count). The van der Waals surface area contributed by atoms with Gasteiger partial charge in [-0.3, -0.25) is 0 Å². The summed E-state index contributed by atoms with van der Waals surface area (Å²) in [6.07, 6.45) is 2.00. The topological polar surface area (TPSA) is 39.1 Å². The molecule has 1 aromatic carbocycles. The summed E-state index contributed by atoms with van der Waals surface area (Å²) in [5.41, 5.74) is 4.73. The minimum atomic E-state index is 0.717. The molecule has 4 heteroatoms. The molecule has 1 N–H and O–H groups in total. The summed E-state index contributed by atoms with van der Waals surface area (Å²) in [5, 5.41) is 7.83. The first kappa shape index (κ1) is 11.4. The maximum absolute atomic E-state index is 5.42. The average molecular weight is 243 g/mol. The Morgan fingerprint density at radius 2 is 2.17 bits per heavy atom. The van der Waals surface area contributed by atoms with Crippen LogP contribution in [-0.4, -0.2) is 16.3 Å². The van der Waals surface area contributed by atoms with Gasteiger partial charge in [0.15, 0.2) is 0 Å². The third-order valence-electron chi connectivity index (χ3n) is 3.17. The monoisotopic (exact) mass is 243 g/mol. The number of rotatable bonds is 4. The molecule has 0 saturated heterocycles. The Labute approximate surface area is 107 Å². The Balaban J connectivity index is 1.83. The third kappa shape index (κ3) is 2.17. The summed E-state index contributed by atoms with van der Waals surface area (Å²) in [5.74, 6) is 0. The predicted molar refractivity (Wildman–Crippen MR) is 69.4 cm³/mol. The van der Waals surface area contributed by atoms with Crippen LogP contribution in [0.5, 0.6) is 0 Å². The standard InChI is InChI=1S/C14H17N3O/c1-2-15-8-13-5-6-17(16-13)14-4-3-11-9-18-10-12(11)7-14/h3-7,15H,2,8-10H2,1H3. The predicted octanol–water partition coefficient (Wildman–Crippen LogP) is 2.01. The van der Waals surface area contributed by atoms with Crippen molar-refractivity contribution in [1.29, 1.82) is 0 Å². The van der Waals surface area contributed by atoms with Crippen LogP contribution in [0, 0.1) is 0 Å². The summed E-state index contributed by atoms with van der Waals surface area (Å²) in [7, 11) is 0. The second-order valence-corrected chi connectivity index (χ2v) is 4.48. The fraction of sp³-hybridized carbons (Fsp3) is 0.357. The Kier molecular flexibility index (Phi) is 3.13. The zero-order chi connectivity index (χ0) is 12.4. The minimum absolute atomic E-state index is 0.717. The van der Waals surface area contributed by atoms with Crippen LogP contribution in [0.2, 0.25) is 0 Å². The van der Waals surface area contributed by atoms with Crippen molar-refractivity contribution in [2.24, 2.45) is 0 Å². The Morgan fingerprint density at radius 3 is 3.06 bits per heavy atom. The normalized spacial score (nSPS) is 13.8. The number of aromatic nitrogens is 2. The molecule has 1 aromatic heterocycles. The van der Waals surface area contributed by atoms with Crippen LogP contribution in [0.4, 0.5) is 0 Å². The summed E-state index contributed by atoms with van der Waals surface area (Å²) in [4.78, 5) is 0. The van der Waals surface area contributed by atoms with E-state index in [0.717, 1.165) is 31.1 Å². The van der Waals surface area contributed by atoms with Gasteiger partial charge in [-0.05, 0) is 35.9 Å². The van der Waals surface area contributed by atoms with Crippen molar-refractivity contribution in [3.05, 3.63) is 47.3 Å². The smallest absolute Gasteiger partial charge is 0.0766 e. The lowest BCUT2D eigenvalue weighted by Crippen LogP contribution is -2.12. The molecule has 2 heterocycles. The number of fused-ring (bicyclic) bond motifs is 1. The van der Waals surface area contributed by atoms with Gasteiger partial charge in [0.25, 0.3) is 0 Å². The van der Waals surface area contributed by atoms with Crippen molar-refractivity contribution >= 4 is 0 Å². The van der Waals surface area contributed by atoms with Gasteiger partial charge in [0.05, 0.1) is 24.6 Å². The number of nitrogens with one attached hydrogen (secondary N) is 1. The molecule has 0 fully saturated rings. The van der Waals surface area contributed by atoms with E-state index in [0.29, 0.717) is 6.61 Å².